The minimum Gasteiger partial charge on any atom is -0.493 e. The van der Waals surface area contributed by atoms with E-state index in [2.05, 4.69) is 0 Å². The second-order valence-electron chi connectivity index (χ2n) is 7.47. The normalized spacial score (nSPS) is 18.0. The minimum absolute atomic E-state index is 0.117. The van der Waals surface area contributed by atoms with Crippen LogP contribution in [0.2, 0.25) is 0 Å². The van der Waals surface area contributed by atoms with Crippen LogP contribution >= 0.6 is 0 Å². The van der Waals surface area contributed by atoms with Crippen LogP contribution in [0.3, 0.4) is 0 Å². The Hall–Kier alpha value is -3.55. The number of halogens is 1. The first-order chi connectivity index (χ1) is 15.9. The fraction of sp³-hybridized carbons (Fsp3) is 0.360. The van der Waals surface area contributed by atoms with Gasteiger partial charge in [-0.3, -0.25) is 0 Å². The first kappa shape index (κ1) is 24.1. The third-order valence-electron chi connectivity index (χ3n) is 5.84. The maximum absolute atomic E-state index is 13.8. The number of benzene rings is 2. The monoisotopic (exact) mass is 457 g/mol. The predicted molar refractivity (Wildman–Crippen MR) is 120 cm³/mol. The molecule has 0 aliphatic carbocycles. The lowest BCUT2D eigenvalue weighted by atomic mass is 9.79. The average Bonchev–Trinajstić information content (AvgIpc) is 2.84. The Balaban J connectivity index is 2.46. The molecule has 7 nitrogen and oxygen atoms in total. The van der Waals surface area contributed by atoms with E-state index in [4.69, 9.17) is 18.9 Å². The van der Waals surface area contributed by atoms with E-state index in [1.807, 2.05) is 13.0 Å². The van der Waals surface area contributed by atoms with Crippen molar-refractivity contribution in [2.45, 2.75) is 19.3 Å². The summed E-state index contributed by atoms with van der Waals surface area (Å²) in [7, 11) is 5.61. The van der Waals surface area contributed by atoms with Gasteiger partial charge in [-0.15, -0.1) is 0 Å². The number of carbonyl (C=O) groups excluding carboxylic acids is 2. The second kappa shape index (κ2) is 10.4. The number of ether oxygens (including phenoxy) is 4. The van der Waals surface area contributed by atoms with E-state index < -0.39 is 23.7 Å². The second-order valence-corrected chi connectivity index (χ2v) is 7.47. The lowest BCUT2D eigenvalue weighted by molar-refractivity contribution is -0.141. The van der Waals surface area contributed by atoms with E-state index in [0.29, 0.717) is 36.6 Å². The van der Waals surface area contributed by atoms with Crippen molar-refractivity contribution in [3.63, 3.8) is 0 Å². The first-order valence-corrected chi connectivity index (χ1v) is 10.6. The smallest absolute Gasteiger partial charge is 0.354 e. The predicted octanol–water partition coefficient (Wildman–Crippen LogP) is 3.45. The van der Waals surface area contributed by atoms with Gasteiger partial charge >= 0.3 is 11.9 Å². The molecule has 176 valence electrons. The van der Waals surface area contributed by atoms with Crippen molar-refractivity contribution in [2.75, 3.05) is 41.5 Å². The third kappa shape index (κ3) is 4.65. The van der Waals surface area contributed by atoms with E-state index in [0.717, 1.165) is 11.1 Å². The molecule has 3 rings (SSSR count). The largest absolute Gasteiger partial charge is 0.493 e. The number of esters is 2. The van der Waals surface area contributed by atoms with Gasteiger partial charge in [-0.05, 0) is 54.3 Å². The summed E-state index contributed by atoms with van der Waals surface area (Å²) in [6, 6.07) is 9.49. The van der Waals surface area contributed by atoms with Crippen LogP contribution in [0.1, 0.15) is 29.5 Å². The van der Waals surface area contributed by atoms with Gasteiger partial charge in [-0.2, -0.15) is 0 Å². The van der Waals surface area contributed by atoms with Crippen molar-refractivity contribution in [3.05, 3.63) is 70.2 Å². The zero-order chi connectivity index (χ0) is 24.1. The molecule has 0 fully saturated rings. The highest BCUT2D eigenvalue weighted by Gasteiger charge is 2.37. The topological polar surface area (TPSA) is 74.3 Å². The Kier molecular flexibility index (Phi) is 7.58. The maximum atomic E-state index is 13.8. The minimum atomic E-state index is -0.740. The molecule has 0 radical (unpaired) electrons. The van der Waals surface area contributed by atoms with Gasteiger partial charge in [-0.25, -0.2) is 14.0 Å². The van der Waals surface area contributed by atoms with Crippen LogP contribution in [0.15, 0.2) is 47.7 Å². The number of carbonyl (C=O) groups is 2. The Morgan fingerprint density at radius 3 is 2.12 bits per heavy atom. The van der Waals surface area contributed by atoms with Gasteiger partial charge in [-0.1, -0.05) is 12.1 Å². The standard InChI is InChI=1S/C25H28FNO6/c1-6-27-12-11-16-13-19(30-2)20(31-3)14-18(16)21(15-7-9-17(26)10-8-15)22(24(28)32-4)23(27)25(29)33-5/h7-10,13-14,21H,6,11-12H2,1-5H3/b23-22+. The maximum Gasteiger partial charge on any atom is 0.354 e. The number of hydrogen-bond acceptors (Lipinski definition) is 7. The molecule has 0 saturated carbocycles. The Morgan fingerprint density at radius 2 is 1.58 bits per heavy atom. The Bertz CT molecular complexity index is 1060. The zero-order valence-corrected chi connectivity index (χ0v) is 19.4. The summed E-state index contributed by atoms with van der Waals surface area (Å²) in [5.41, 5.74) is 2.50. The Labute approximate surface area is 192 Å². The average molecular weight is 457 g/mol. The van der Waals surface area contributed by atoms with Crippen molar-refractivity contribution in [1.82, 2.24) is 4.90 Å². The van der Waals surface area contributed by atoms with Gasteiger partial charge < -0.3 is 23.8 Å². The molecule has 0 N–H and O–H groups in total. The zero-order valence-electron chi connectivity index (χ0n) is 19.4. The van der Waals surface area contributed by atoms with Crippen LogP contribution in [0, 0.1) is 5.82 Å². The number of methoxy groups -OCH3 is 4. The highest BCUT2D eigenvalue weighted by molar-refractivity contribution is 6.01. The third-order valence-corrected chi connectivity index (χ3v) is 5.84. The summed E-state index contributed by atoms with van der Waals surface area (Å²) in [6.07, 6.45) is 0.566. The SMILES string of the molecule is CCN1CCc2cc(OC)c(OC)cc2C(c2ccc(F)cc2)/C(C(=O)OC)=C\1C(=O)OC. The molecule has 1 unspecified atom stereocenters. The fourth-order valence-corrected chi connectivity index (χ4v) is 4.23. The number of fused-ring (bicyclic) bond motifs is 1. The van der Waals surface area contributed by atoms with Gasteiger partial charge in [0.25, 0.3) is 0 Å². The molecule has 0 aromatic heterocycles. The molecule has 33 heavy (non-hydrogen) atoms. The first-order valence-electron chi connectivity index (χ1n) is 10.6. The molecular formula is C25H28FNO6. The Morgan fingerprint density at radius 1 is 0.970 bits per heavy atom. The molecule has 1 heterocycles. The molecule has 1 aliphatic rings. The lowest BCUT2D eigenvalue weighted by Crippen LogP contribution is -2.36. The van der Waals surface area contributed by atoms with Gasteiger partial charge in [0.1, 0.15) is 11.5 Å². The van der Waals surface area contributed by atoms with Crippen LogP contribution in [0.5, 0.6) is 11.5 Å². The lowest BCUT2D eigenvalue weighted by Gasteiger charge is -2.33. The highest BCUT2D eigenvalue weighted by atomic mass is 19.1. The van der Waals surface area contributed by atoms with Gasteiger partial charge in [0.15, 0.2) is 11.5 Å². The highest BCUT2D eigenvalue weighted by Crippen LogP contribution is 2.43. The van der Waals surface area contributed by atoms with Gasteiger partial charge in [0.2, 0.25) is 0 Å². The molecule has 0 bridgehead atoms. The summed E-state index contributed by atoms with van der Waals surface area (Å²) in [5.74, 6) is -1.45. The molecule has 0 saturated heterocycles. The van der Waals surface area contributed by atoms with Crippen LogP contribution in [-0.4, -0.2) is 58.4 Å². The quantitative estimate of drug-likeness (QED) is 0.615. The van der Waals surface area contributed by atoms with Crippen LogP contribution < -0.4 is 9.47 Å². The number of likely N-dealkylation sites (N-methyl/N-ethyl adjacent to an activating group) is 1. The van der Waals surface area contributed by atoms with E-state index in [1.54, 1.807) is 30.2 Å². The summed E-state index contributed by atoms with van der Waals surface area (Å²) < 4.78 is 35.0. The van der Waals surface area contributed by atoms with E-state index in [-0.39, 0.29) is 11.3 Å². The van der Waals surface area contributed by atoms with E-state index in [1.165, 1.54) is 33.5 Å². The molecule has 2 aromatic rings. The summed E-state index contributed by atoms with van der Waals surface area (Å²) >= 11 is 0. The van der Waals surface area contributed by atoms with Crippen molar-refractivity contribution in [2.24, 2.45) is 0 Å². The molecule has 0 amide bonds. The summed E-state index contributed by atoms with van der Waals surface area (Å²) in [4.78, 5) is 28.0. The van der Waals surface area contributed by atoms with Gasteiger partial charge in [0, 0.05) is 19.0 Å². The molecule has 1 aliphatic heterocycles. The van der Waals surface area contributed by atoms with Crippen LogP contribution in [-0.2, 0) is 25.5 Å². The summed E-state index contributed by atoms with van der Waals surface area (Å²) in [5, 5.41) is 0. The number of rotatable bonds is 6. The van der Waals surface area contributed by atoms with Crippen molar-refractivity contribution < 1.29 is 32.9 Å². The van der Waals surface area contributed by atoms with Crippen LogP contribution in [0.25, 0.3) is 0 Å². The van der Waals surface area contributed by atoms with Crippen molar-refractivity contribution >= 4 is 11.9 Å². The molecule has 8 heteroatoms. The van der Waals surface area contributed by atoms with Crippen molar-refractivity contribution in [1.29, 1.82) is 0 Å². The fourth-order valence-electron chi connectivity index (χ4n) is 4.23. The van der Waals surface area contributed by atoms with E-state index >= 15 is 0 Å². The van der Waals surface area contributed by atoms with E-state index in [9.17, 15) is 14.0 Å². The molecule has 1 atom stereocenters. The number of hydrogen-bond donors (Lipinski definition) is 0. The number of nitrogens with zero attached hydrogens (tertiary/aromatic N) is 1. The molecular weight excluding hydrogens is 429 g/mol. The molecule has 2 aromatic carbocycles. The molecule has 0 spiro atoms. The van der Waals surface area contributed by atoms with Gasteiger partial charge in [0.05, 0.1) is 34.0 Å². The van der Waals surface area contributed by atoms with Crippen LogP contribution in [0.4, 0.5) is 4.39 Å². The van der Waals surface area contributed by atoms with Crippen molar-refractivity contribution in [3.8, 4) is 11.5 Å². The summed E-state index contributed by atoms with van der Waals surface area (Å²) in [6.45, 7) is 2.81.